The second kappa shape index (κ2) is 7.28. The molecule has 19 heavy (non-hydrogen) atoms. The Bertz CT molecular complexity index is 389. The van der Waals surface area contributed by atoms with E-state index < -0.39 is 0 Å². The van der Waals surface area contributed by atoms with Crippen LogP contribution in [0.4, 0.5) is 11.6 Å². The van der Waals surface area contributed by atoms with Crippen LogP contribution in [0, 0.1) is 12.3 Å². The quantitative estimate of drug-likeness (QED) is 0.382. The van der Waals surface area contributed by atoms with Crippen molar-refractivity contribution in [1.82, 2.24) is 9.97 Å². The number of nitrogen functional groups attached to an aromatic ring is 1. The Hall–Kier alpha value is -1.36. The van der Waals surface area contributed by atoms with Crippen LogP contribution in [0.1, 0.15) is 52.0 Å². The van der Waals surface area contributed by atoms with E-state index in [1.807, 2.05) is 6.92 Å². The highest BCUT2D eigenvalue weighted by Crippen LogP contribution is 2.25. The molecule has 0 saturated carbocycles. The predicted molar refractivity (Wildman–Crippen MR) is 81.0 cm³/mol. The number of nitrogens with one attached hydrogen (secondary N) is 2. The molecule has 0 spiro atoms. The molecule has 1 heterocycles. The van der Waals surface area contributed by atoms with Crippen molar-refractivity contribution >= 4 is 11.6 Å². The maximum atomic E-state index is 5.41. The van der Waals surface area contributed by atoms with Crippen molar-refractivity contribution in [2.24, 2.45) is 11.3 Å². The first kappa shape index (κ1) is 15.7. The van der Waals surface area contributed by atoms with Gasteiger partial charge in [-0.15, -0.1) is 0 Å². The van der Waals surface area contributed by atoms with Crippen molar-refractivity contribution in [2.75, 3.05) is 17.3 Å². The SMILES string of the molecule is CCCCCC(C)(C)CNc1ncnc(NN)c1C. The molecule has 0 radical (unpaired) electrons. The molecule has 1 aromatic heterocycles. The fourth-order valence-corrected chi connectivity index (χ4v) is 2.04. The molecule has 0 aliphatic carbocycles. The van der Waals surface area contributed by atoms with Crippen LogP contribution in [-0.2, 0) is 0 Å². The van der Waals surface area contributed by atoms with Crippen LogP contribution < -0.4 is 16.6 Å². The van der Waals surface area contributed by atoms with Crippen LogP contribution in [0.3, 0.4) is 0 Å². The van der Waals surface area contributed by atoms with Crippen molar-refractivity contribution in [1.29, 1.82) is 0 Å². The lowest BCUT2D eigenvalue weighted by Gasteiger charge is -2.25. The topological polar surface area (TPSA) is 75.9 Å². The van der Waals surface area contributed by atoms with E-state index in [0.29, 0.717) is 5.82 Å². The number of anilines is 2. The average Bonchev–Trinajstić information content (AvgIpc) is 2.38. The van der Waals surface area contributed by atoms with Gasteiger partial charge in [-0.25, -0.2) is 15.8 Å². The zero-order chi connectivity index (χ0) is 14.3. The molecule has 0 aliphatic heterocycles. The van der Waals surface area contributed by atoms with Crippen molar-refractivity contribution in [3.63, 3.8) is 0 Å². The minimum absolute atomic E-state index is 0.267. The van der Waals surface area contributed by atoms with Crippen LogP contribution in [0.5, 0.6) is 0 Å². The van der Waals surface area contributed by atoms with Gasteiger partial charge in [0.15, 0.2) is 0 Å². The number of hydrogen-bond donors (Lipinski definition) is 3. The Morgan fingerprint density at radius 2 is 1.89 bits per heavy atom. The van der Waals surface area contributed by atoms with Gasteiger partial charge in [-0.05, 0) is 18.8 Å². The van der Waals surface area contributed by atoms with Gasteiger partial charge in [0, 0.05) is 12.1 Å². The highest BCUT2D eigenvalue weighted by Gasteiger charge is 2.18. The number of aromatic nitrogens is 2. The van der Waals surface area contributed by atoms with Crippen LogP contribution in [-0.4, -0.2) is 16.5 Å². The standard InChI is InChI=1S/C14H27N5/c1-5-6-7-8-14(3,4)9-16-12-11(2)13(19-15)18-10-17-12/h10H,5-9,15H2,1-4H3,(H2,16,17,18,19). The molecule has 0 aromatic carbocycles. The summed E-state index contributed by atoms with van der Waals surface area (Å²) in [6.07, 6.45) is 6.59. The predicted octanol–water partition coefficient (Wildman–Crippen LogP) is 3.09. The van der Waals surface area contributed by atoms with E-state index in [1.165, 1.54) is 32.0 Å². The number of unbranched alkanes of at least 4 members (excludes halogenated alkanes) is 2. The minimum atomic E-state index is 0.267. The summed E-state index contributed by atoms with van der Waals surface area (Å²) in [5.41, 5.74) is 3.80. The summed E-state index contributed by atoms with van der Waals surface area (Å²) < 4.78 is 0. The average molecular weight is 265 g/mol. The lowest BCUT2D eigenvalue weighted by atomic mass is 9.87. The fraction of sp³-hybridized carbons (Fsp3) is 0.714. The van der Waals surface area contributed by atoms with Crippen molar-refractivity contribution in [3.8, 4) is 0 Å². The van der Waals surface area contributed by atoms with E-state index >= 15 is 0 Å². The van der Waals surface area contributed by atoms with E-state index in [-0.39, 0.29) is 5.41 Å². The third-order valence-electron chi connectivity index (χ3n) is 3.41. The molecule has 0 unspecified atom stereocenters. The molecule has 1 aromatic rings. The summed E-state index contributed by atoms with van der Waals surface area (Å²) in [5.74, 6) is 6.94. The van der Waals surface area contributed by atoms with E-state index in [4.69, 9.17) is 5.84 Å². The van der Waals surface area contributed by atoms with Crippen LogP contribution in [0.25, 0.3) is 0 Å². The lowest BCUT2D eigenvalue weighted by molar-refractivity contribution is 0.342. The van der Waals surface area contributed by atoms with Crippen LogP contribution in [0.2, 0.25) is 0 Å². The number of hydrazine groups is 1. The summed E-state index contributed by atoms with van der Waals surface area (Å²) in [7, 11) is 0. The molecule has 0 aliphatic rings. The molecule has 1 rings (SSSR count). The van der Waals surface area contributed by atoms with Crippen molar-refractivity contribution < 1.29 is 0 Å². The van der Waals surface area contributed by atoms with Gasteiger partial charge < -0.3 is 10.7 Å². The van der Waals surface area contributed by atoms with Gasteiger partial charge in [-0.2, -0.15) is 0 Å². The second-order valence-corrected chi connectivity index (χ2v) is 5.82. The first-order valence-corrected chi connectivity index (χ1v) is 7.02. The van der Waals surface area contributed by atoms with Gasteiger partial charge >= 0.3 is 0 Å². The summed E-state index contributed by atoms with van der Waals surface area (Å²) in [6, 6.07) is 0. The Morgan fingerprint density at radius 3 is 2.53 bits per heavy atom. The third kappa shape index (κ3) is 5.03. The summed E-state index contributed by atoms with van der Waals surface area (Å²) >= 11 is 0. The fourth-order valence-electron chi connectivity index (χ4n) is 2.04. The number of nitrogens with zero attached hydrogens (tertiary/aromatic N) is 2. The van der Waals surface area contributed by atoms with Crippen molar-refractivity contribution in [3.05, 3.63) is 11.9 Å². The van der Waals surface area contributed by atoms with E-state index in [1.54, 1.807) is 0 Å². The highest BCUT2D eigenvalue weighted by molar-refractivity contribution is 5.55. The van der Waals surface area contributed by atoms with Gasteiger partial charge in [0.25, 0.3) is 0 Å². The first-order valence-electron chi connectivity index (χ1n) is 7.02. The van der Waals surface area contributed by atoms with E-state index in [0.717, 1.165) is 17.9 Å². The largest absolute Gasteiger partial charge is 0.369 e. The van der Waals surface area contributed by atoms with Gasteiger partial charge in [0.2, 0.25) is 0 Å². The molecule has 108 valence electrons. The maximum Gasteiger partial charge on any atom is 0.148 e. The van der Waals surface area contributed by atoms with Crippen LogP contribution >= 0.6 is 0 Å². The summed E-state index contributed by atoms with van der Waals surface area (Å²) in [6.45, 7) is 9.67. The van der Waals surface area contributed by atoms with Gasteiger partial charge in [-0.1, -0.05) is 40.0 Å². The monoisotopic (exact) mass is 265 g/mol. The van der Waals surface area contributed by atoms with Crippen molar-refractivity contribution in [2.45, 2.75) is 53.4 Å². The van der Waals surface area contributed by atoms with Gasteiger partial charge in [-0.3, -0.25) is 0 Å². The minimum Gasteiger partial charge on any atom is -0.369 e. The number of rotatable bonds is 8. The molecular formula is C14H27N5. The molecule has 5 nitrogen and oxygen atoms in total. The maximum absolute atomic E-state index is 5.41. The zero-order valence-corrected chi connectivity index (χ0v) is 12.6. The third-order valence-corrected chi connectivity index (χ3v) is 3.41. The smallest absolute Gasteiger partial charge is 0.148 e. The number of nitrogens with two attached hydrogens (primary N) is 1. The molecule has 0 atom stereocenters. The second-order valence-electron chi connectivity index (χ2n) is 5.82. The molecule has 0 saturated heterocycles. The Kier molecular flexibility index (Phi) is 6.02. The molecule has 0 amide bonds. The highest BCUT2D eigenvalue weighted by atomic mass is 15.3. The van der Waals surface area contributed by atoms with Gasteiger partial charge in [0.05, 0.1) is 0 Å². The van der Waals surface area contributed by atoms with Crippen LogP contribution in [0.15, 0.2) is 6.33 Å². The first-order chi connectivity index (χ1) is 9.00. The molecule has 0 bridgehead atoms. The summed E-state index contributed by atoms with van der Waals surface area (Å²) in [5, 5.41) is 3.41. The Balaban J connectivity index is 2.56. The molecule has 0 fully saturated rings. The Labute approximate surface area is 116 Å². The molecular weight excluding hydrogens is 238 g/mol. The molecule has 5 heteroatoms. The zero-order valence-electron chi connectivity index (χ0n) is 12.6. The number of hydrogen-bond acceptors (Lipinski definition) is 5. The van der Waals surface area contributed by atoms with Gasteiger partial charge in [0.1, 0.15) is 18.0 Å². The lowest BCUT2D eigenvalue weighted by Crippen LogP contribution is -2.24. The van der Waals surface area contributed by atoms with E-state index in [9.17, 15) is 0 Å². The molecule has 4 N–H and O–H groups in total. The Morgan fingerprint density at radius 1 is 1.21 bits per heavy atom. The van der Waals surface area contributed by atoms with E-state index in [2.05, 4.69) is 41.5 Å². The normalized spacial score (nSPS) is 11.4. The summed E-state index contributed by atoms with van der Waals surface area (Å²) in [4.78, 5) is 8.34.